The van der Waals surface area contributed by atoms with Gasteiger partial charge in [0.2, 0.25) is 0 Å². The van der Waals surface area contributed by atoms with Gasteiger partial charge >= 0.3 is 0 Å². The Labute approximate surface area is 133 Å². The maximum Gasteiger partial charge on any atom is 0.141 e. The Kier molecular flexibility index (Phi) is 5.46. The Bertz CT molecular complexity index is 680. The fourth-order valence-corrected chi connectivity index (χ4v) is 2.44. The van der Waals surface area contributed by atoms with E-state index < -0.39 is 0 Å². The highest BCUT2D eigenvalue weighted by Gasteiger charge is 2.09. The number of hydrogen-bond acceptors (Lipinski definition) is 3. The Morgan fingerprint density at radius 2 is 1.90 bits per heavy atom. The van der Waals surface area contributed by atoms with Crippen molar-refractivity contribution in [3.63, 3.8) is 0 Å². The minimum absolute atomic E-state index is 0.284. The van der Waals surface area contributed by atoms with Crippen LogP contribution in [0.15, 0.2) is 36.4 Å². The lowest BCUT2D eigenvalue weighted by molar-refractivity contribution is 0.303. The molecule has 0 aromatic heterocycles. The number of ether oxygens (including phenoxy) is 1. The first-order chi connectivity index (χ1) is 10.2. The van der Waals surface area contributed by atoms with Crippen molar-refractivity contribution >= 4 is 23.2 Å². The molecular weight excluding hydrogens is 307 g/mol. The number of para-hydroxylation sites is 1. The molecule has 108 valence electrons. The topological polar surface area (TPSA) is 59.0 Å². The summed E-state index contributed by atoms with van der Waals surface area (Å²) >= 11 is 12.3. The van der Waals surface area contributed by atoms with Crippen LogP contribution < -0.4 is 10.5 Å². The van der Waals surface area contributed by atoms with Crippen LogP contribution in [0.4, 0.5) is 0 Å². The maximum atomic E-state index is 8.82. The van der Waals surface area contributed by atoms with Crippen LogP contribution in [0.1, 0.15) is 16.7 Å². The fourth-order valence-electron chi connectivity index (χ4n) is 1.95. The highest BCUT2D eigenvalue weighted by Crippen LogP contribution is 2.30. The summed E-state index contributed by atoms with van der Waals surface area (Å²) in [6.45, 7) is 0.806. The smallest absolute Gasteiger partial charge is 0.141 e. The van der Waals surface area contributed by atoms with Crippen molar-refractivity contribution in [1.29, 1.82) is 5.26 Å². The van der Waals surface area contributed by atoms with Crippen molar-refractivity contribution in [2.24, 2.45) is 5.73 Å². The molecule has 5 heteroatoms. The van der Waals surface area contributed by atoms with Crippen LogP contribution in [0.3, 0.4) is 0 Å². The summed E-state index contributed by atoms with van der Waals surface area (Å²) in [5, 5.41) is 9.87. The third-order valence-electron chi connectivity index (χ3n) is 3.02. The molecular formula is C16H14Cl2N2O. The molecule has 0 unspecified atom stereocenters. The fraction of sp³-hybridized carbons (Fsp3) is 0.188. The summed E-state index contributed by atoms with van der Waals surface area (Å²) in [6, 6.07) is 12.7. The second kappa shape index (κ2) is 7.33. The summed E-state index contributed by atoms with van der Waals surface area (Å²) in [5.41, 5.74) is 7.88. The molecule has 3 nitrogen and oxygen atoms in total. The second-order valence-corrected chi connectivity index (χ2v) is 5.29. The molecule has 2 rings (SSSR count). The molecule has 0 bridgehead atoms. The average molecular weight is 321 g/mol. The lowest BCUT2D eigenvalue weighted by Gasteiger charge is -2.13. The van der Waals surface area contributed by atoms with Crippen LogP contribution in [0.25, 0.3) is 0 Å². The van der Waals surface area contributed by atoms with Crippen molar-refractivity contribution in [1.82, 2.24) is 0 Å². The summed E-state index contributed by atoms with van der Waals surface area (Å²) in [6.07, 6.45) is 0.691. The Balaban J connectivity index is 2.19. The van der Waals surface area contributed by atoms with Gasteiger partial charge in [0, 0.05) is 10.6 Å². The van der Waals surface area contributed by atoms with Gasteiger partial charge in [-0.15, -0.1) is 0 Å². The van der Waals surface area contributed by atoms with E-state index in [9.17, 15) is 0 Å². The van der Waals surface area contributed by atoms with Gasteiger partial charge in [0.05, 0.1) is 16.7 Å². The van der Waals surface area contributed by atoms with Gasteiger partial charge in [0.1, 0.15) is 12.4 Å². The normalized spacial score (nSPS) is 10.2. The van der Waals surface area contributed by atoms with Crippen molar-refractivity contribution in [3.05, 3.63) is 63.1 Å². The van der Waals surface area contributed by atoms with E-state index in [-0.39, 0.29) is 6.61 Å². The molecule has 0 radical (unpaired) electrons. The predicted octanol–water partition coefficient (Wildman–Crippen LogP) is 3.95. The molecule has 0 aliphatic heterocycles. The lowest BCUT2D eigenvalue weighted by atomic mass is 10.1. The predicted molar refractivity (Wildman–Crippen MR) is 84.7 cm³/mol. The molecule has 0 heterocycles. The molecule has 0 aliphatic rings. The molecule has 0 atom stereocenters. The molecule has 0 amide bonds. The van der Waals surface area contributed by atoms with Gasteiger partial charge in [0.15, 0.2) is 0 Å². The zero-order valence-electron chi connectivity index (χ0n) is 11.3. The van der Waals surface area contributed by atoms with Crippen molar-refractivity contribution in [3.8, 4) is 11.8 Å². The molecule has 2 N–H and O–H groups in total. The zero-order valence-corrected chi connectivity index (χ0v) is 12.8. The quantitative estimate of drug-likeness (QED) is 0.907. The van der Waals surface area contributed by atoms with Crippen LogP contribution in [0.2, 0.25) is 10.0 Å². The molecule has 0 saturated carbocycles. The zero-order chi connectivity index (χ0) is 15.2. The molecule has 0 spiro atoms. The monoisotopic (exact) mass is 320 g/mol. The number of nitrogens with two attached hydrogens (primary N) is 1. The Hall–Kier alpha value is -1.73. The van der Waals surface area contributed by atoms with Gasteiger partial charge in [-0.3, -0.25) is 0 Å². The second-order valence-electron chi connectivity index (χ2n) is 4.47. The van der Waals surface area contributed by atoms with E-state index in [0.717, 1.165) is 11.1 Å². The number of hydrogen-bond donors (Lipinski definition) is 1. The SMILES string of the molecule is N#Cc1ccc(COc2c(Cl)cccc2CCN)c(Cl)c1. The standard InChI is InChI=1S/C16H14Cl2N2O/c17-14-3-1-2-12(6-7-19)16(14)21-10-13-5-4-11(9-20)8-15(13)18/h1-5,8H,6-7,10,19H2. The van der Waals surface area contributed by atoms with Gasteiger partial charge in [0.25, 0.3) is 0 Å². The minimum atomic E-state index is 0.284. The summed E-state index contributed by atoms with van der Waals surface area (Å²) in [7, 11) is 0. The first-order valence-corrected chi connectivity index (χ1v) is 7.20. The van der Waals surface area contributed by atoms with Gasteiger partial charge in [-0.05, 0) is 36.7 Å². The summed E-state index contributed by atoms with van der Waals surface area (Å²) < 4.78 is 5.81. The number of nitriles is 1. The number of nitrogens with zero attached hydrogens (tertiary/aromatic N) is 1. The van der Waals surface area contributed by atoms with E-state index in [1.807, 2.05) is 18.2 Å². The lowest BCUT2D eigenvalue weighted by Crippen LogP contribution is -2.06. The van der Waals surface area contributed by atoms with Crippen molar-refractivity contribution in [2.45, 2.75) is 13.0 Å². The Morgan fingerprint density at radius 3 is 2.57 bits per heavy atom. The highest BCUT2D eigenvalue weighted by atomic mass is 35.5. The third kappa shape index (κ3) is 3.89. The van der Waals surface area contributed by atoms with E-state index in [0.29, 0.717) is 34.3 Å². The van der Waals surface area contributed by atoms with Gasteiger partial charge in [-0.2, -0.15) is 5.26 Å². The molecule has 0 aliphatic carbocycles. The van der Waals surface area contributed by atoms with E-state index in [2.05, 4.69) is 0 Å². The number of halogens is 2. The van der Waals surface area contributed by atoms with Crippen LogP contribution >= 0.6 is 23.2 Å². The van der Waals surface area contributed by atoms with Gasteiger partial charge < -0.3 is 10.5 Å². The molecule has 0 fully saturated rings. The number of benzene rings is 2. The first-order valence-electron chi connectivity index (χ1n) is 6.44. The maximum absolute atomic E-state index is 8.82. The van der Waals surface area contributed by atoms with E-state index in [1.165, 1.54) is 0 Å². The van der Waals surface area contributed by atoms with Crippen LogP contribution in [-0.4, -0.2) is 6.54 Å². The highest BCUT2D eigenvalue weighted by molar-refractivity contribution is 6.32. The van der Waals surface area contributed by atoms with Gasteiger partial charge in [-0.1, -0.05) is 41.4 Å². The average Bonchev–Trinajstić information content (AvgIpc) is 2.48. The Morgan fingerprint density at radius 1 is 1.10 bits per heavy atom. The van der Waals surface area contributed by atoms with Crippen LogP contribution in [0, 0.1) is 11.3 Å². The summed E-state index contributed by atoms with van der Waals surface area (Å²) in [5.74, 6) is 0.630. The van der Waals surface area contributed by atoms with E-state index >= 15 is 0 Å². The van der Waals surface area contributed by atoms with Crippen LogP contribution in [0.5, 0.6) is 5.75 Å². The third-order valence-corrected chi connectivity index (χ3v) is 3.67. The van der Waals surface area contributed by atoms with Crippen molar-refractivity contribution in [2.75, 3.05) is 6.54 Å². The molecule has 21 heavy (non-hydrogen) atoms. The first kappa shape index (κ1) is 15.7. The van der Waals surface area contributed by atoms with Gasteiger partial charge in [-0.25, -0.2) is 0 Å². The van der Waals surface area contributed by atoms with E-state index in [1.54, 1.807) is 24.3 Å². The molecule has 0 saturated heterocycles. The molecule has 2 aromatic rings. The minimum Gasteiger partial charge on any atom is -0.487 e. The summed E-state index contributed by atoms with van der Waals surface area (Å²) in [4.78, 5) is 0. The van der Waals surface area contributed by atoms with Crippen LogP contribution in [-0.2, 0) is 13.0 Å². The van der Waals surface area contributed by atoms with Crippen molar-refractivity contribution < 1.29 is 4.74 Å². The number of rotatable bonds is 5. The van der Waals surface area contributed by atoms with E-state index in [4.69, 9.17) is 38.9 Å². The molecule has 2 aromatic carbocycles. The largest absolute Gasteiger partial charge is 0.487 e.